The Morgan fingerprint density at radius 2 is 1.52 bits per heavy atom. The van der Waals surface area contributed by atoms with Gasteiger partial charge in [0, 0.05) is 11.6 Å². The Bertz CT molecular complexity index is 1020. The molecule has 1 aromatic heterocycles. The summed E-state index contributed by atoms with van der Waals surface area (Å²) in [6.45, 7) is 0.756. The molecule has 3 heteroatoms. The summed E-state index contributed by atoms with van der Waals surface area (Å²) in [4.78, 5) is 4.79. The van der Waals surface area contributed by atoms with E-state index in [0.29, 0.717) is 0 Å². The molecule has 0 aliphatic carbocycles. The van der Waals surface area contributed by atoms with Crippen molar-refractivity contribution < 1.29 is 0 Å². The molecule has 0 radical (unpaired) electrons. The number of nitrogens with zero attached hydrogens (tertiary/aromatic N) is 2. The fourth-order valence-electron chi connectivity index (χ4n) is 2.89. The van der Waals surface area contributed by atoms with Crippen LogP contribution < -0.4 is 0 Å². The molecule has 4 rings (SSSR count). The average molecular weight is 345 g/mol. The molecule has 0 fully saturated rings. The third-order valence-corrected chi connectivity index (χ3v) is 4.41. The number of para-hydroxylation sites is 2. The van der Waals surface area contributed by atoms with Gasteiger partial charge in [-0.3, -0.25) is 0 Å². The summed E-state index contributed by atoms with van der Waals surface area (Å²) in [6.07, 6.45) is 4.17. The zero-order chi connectivity index (χ0) is 17.1. The Balaban J connectivity index is 1.75. The lowest BCUT2D eigenvalue weighted by Gasteiger charge is -2.07. The van der Waals surface area contributed by atoms with Crippen LogP contribution in [0.4, 0.5) is 0 Å². The van der Waals surface area contributed by atoms with Gasteiger partial charge in [-0.25, -0.2) is 4.98 Å². The fourth-order valence-corrected chi connectivity index (χ4v) is 3.02. The highest BCUT2D eigenvalue weighted by Gasteiger charge is 2.08. The number of hydrogen-bond donors (Lipinski definition) is 0. The van der Waals surface area contributed by atoms with E-state index in [-0.39, 0.29) is 0 Å². The van der Waals surface area contributed by atoms with Crippen molar-refractivity contribution in [1.29, 1.82) is 0 Å². The number of hydrogen-bond acceptors (Lipinski definition) is 1. The van der Waals surface area contributed by atoms with Crippen LogP contribution in [0.5, 0.6) is 0 Å². The summed E-state index contributed by atoms with van der Waals surface area (Å²) in [5, 5.41) is 0.753. The van der Waals surface area contributed by atoms with E-state index in [4.69, 9.17) is 16.6 Å². The van der Waals surface area contributed by atoms with Gasteiger partial charge in [0.05, 0.1) is 11.0 Å². The summed E-state index contributed by atoms with van der Waals surface area (Å²) >= 11 is 6.01. The first-order valence-corrected chi connectivity index (χ1v) is 8.60. The molecule has 0 saturated heterocycles. The molecule has 0 N–H and O–H groups in total. The fraction of sp³-hybridized carbons (Fsp3) is 0.0455. The molecular formula is C22H17ClN2. The van der Waals surface area contributed by atoms with E-state index in [1.165, 1.54) is 5.56 Å². The molecule has 4 aromatic rings. The molecule has 122 valence electrons. The van der Waals surface area contributed by atoms with Crippen LogP contribution in [-0.2, 0) is 6.54 Å². The standard InChI is InChI=1S/C22H17ClN2/c23-19-13-10-18(11-14-19)16-25-21-9-5-4-8-20(21)24-22(25)15-12-17-6-2-1-3-7-17/h1-15H,16H2/b15-12+. The molecular weight excluding hydrogens is 328 g/mol. The number of halogens is 1. The number of fused-ring (bicyclic) bond motifs is 1. The maximum Gasteiger partial charge on any atom is 0.134 e. The summed E-state index contributed by atoms with van der Waals surface area (Å²) in [5.74, 6) is 0.944. The average Bonchev–Trinajstić information content (AvgIpc) is 3.00. The van der Waals surface area contributed by atoms with Gasteiger partial charge in [0.1, 0.15) is 5.82 Å². The lowest BCUT2D eigenvalue weighted by atomic mass is 10.2. The van der Waals surface area contributed by atoms with Gasteiger partial charge >= 0.3 is 0 Å². The van der Waals surface area contributed by atoms with Crippen molar-refractivity contribution in [3.63, 3.8) is 0 Å². The van der Waals surface area contributed by atoms with Crippen LogP contribution in [0.15, 0.2) is 78.9 Å². The molecule has 3 aromatic carbocycles. The van der Waals surface area contributed by atoms with Gasteiger partial charge in [0.15, 0.2) is 0 Å². The Kier molecular flexibility index (Phi) is 4.36. The van der Waals surface area contributed by atoms with Crippen LogP contribution in [0.25, 0.3) is 23.2 Å². The van der Waals surface area contributed by atoms with E-state index in [1.54, 1.807) is 0 Å². The zero-order valence-corrected chi connectivity index (χ0v) is 14.4. The van der Waals surface area contributed by atoms with Crippen LogP contribution in [0.2, 0.25) is 5.02 Å². The molecule has 0 amide bonds. The highest BCUT2D eigenvalue weighted by molar-refractivity contribution is 6.30. The number of rotatable bonds is 4. The van der Waals surface area contributed by atoms with Crippen molar-refractivity contribution in [1.82, 2.24) is 9.55 Å². The molecule has 0 aliphatic rings. The van der Waals surface area contributed by atoms with E-state index < -0.39 is 0 Å². The molecule has 25 heavy (non-hydrogen) atoms. The largest absolute Gasteiger partial charge is 0.320 e. The van der Waals surface area contributed by atoms with Crippen molar-refractivity contribution in [3.8, 4) is 0 Å². The molecule has 0 saturated carbocycles. The molecule has 0 bridgehead atoms. The maximum atomic E-state index is 6.01. The quantitative estimate of drug-likeness (QED) is 0.450. The molecule has 0 atom stereocenters. The van der Waals surface area contributed by atoms with Crippen LogP contribution in [-0.4, -0.2) is 9.55 Å². The van der Waals surface area contributed by atoms with Crippen LogP contribution in [0.3, 0.4) is 0 Å². The van der Waals surface area contributed by atoms with Crippen molar-refractivity contribution in [2.45, 2.75) is 6.54 Å². The predicted molar refractivity (Wildman–Crippen MR) is 106 cm³/mol. The lowest BCUT2D eigenvalue weighted by Crippen LogP contribution is -2.02. The molecule has 0 unspecified atom stereocenters. The minimum atomic E-state index is 0.753. The van der Waals surface area contributed by atoms with Crippen molar-refractivity contribution in [2.24, 2.45) is 0 Å². The van der Waals surface area contributed by atoms with E-state index in [9.17, 15) is 0 Å². The van der Waals surface area contributed by atoms with Gasteiger partial charge in [-0.15, -0.1) is 0 Å². The lowest BCUT2D eigenvalue weighted by molar-refractivity contribution is 0.814. The first kappa shape index (κ1) is 15.7. The molecule has 1 heterocycles. The van der Waals surface area contributed by atoms with Gasteiger partial charge in [0.2, 0.25) is 0 Å². The minimum absolute atomic E-state index is 0.753. The Morgan fingerprint density at radius 1 is 0.800 bits per heavy atom. The maximum absolute atomic E-state index is 6.01. The van der Waals surface area contributed by atoms with Crippen molar-refractivity contribution in [2.75, 3.05) is 0 Å². The zero-order valence-electron chi connectivity index (χ0n) is 13.6. The van der Waals surface area contributed by atoms with Crippen LogP contribution in [0, 0.1) is 0 Å². The highest BCUT2D eigenvalue weighted by atomic mass is 35.5. The van der Waals surface area contributed by atoms with Crippen LogP contribution in [0.1, 0.15) is 17.0 Å². The first-order chi connectivity index (χ1) is 12.3. The smallest absolute Gasteiger partial charge is 0.134 e. The molecule has 0 aliphatic heterocycles. The van der Waals surface area contributed by atoms with E-state index in [2.05, 4.69) is 47.1 Å². The number of aromatic nitrogens is 2. The minimum Gasteiger partial charge on any atom is -0.320 e. The normalized spacial score (nSPS) is 11.4. The Morgan fingerprint density at radius 3 is 2.32 bits per heavy atom. The van der Waals surface area contributed by atoms with Gasteiger partial charge in [-0.1, -0.05) is 72.3 Å². The topological polar surface area (TPSA) is 17.8 Å². The monoisotopic (exact) mass is 344 g/mol. The Hall–Kier alpha value is -2.84. The summed E-state index contributed by atoms with van der Waals surface area (Å²) in [7, 11) is 0. The second-order valence-corrected chi connectivity index (χ2v) is 6.35. The molecule has 2 nitrogen and oxygen atoms in total. The van der Waals surface area contributed by atoms with Crippen LogP contribution >= 0.6 is 11.6 Å². The first-order valence-electron chi connectivity index (χ1n) is 8.22. The second kappa shape index (κ2) is 6.96. The number of benzene rings is 3. The highest BCUT2D eigenvalue weighted by Crippen LogP contribution is 2.20. The van der Waals surface area contributed by atoms with E-state index >= 15 is 0 Å². The van der Waals surface area contributed by atoms with Gasteiger partial charge in [-0.2, -0.15) is 0 Å². The van der Waals surface area contributed by atoms with Gasteiger partial charge in [0.25, 0.3) is 0 Å². The third-order valence-electron chi connectivity index (χ3n) is 4.16. The second-order valence-electron chi connectivity index (χ2n) is 5.92. The van der Waals surface area contributed by atoms with Gasteiger partial charge in [-0.05, 0) is 41.5 Å². The Labute approximate surface area is 152 Å². The van der Waals surface area contributed by atoms with E-state index in [0.717, 1.165) is 34.0 Å². The SMILES string of the molecule is Clc1ccc(Cn2c(/C=C/c3ccccc3)nc3ccccc32)cc1. The predicted octanol–water partition coefficient (Wildman–Crippen LogP) is 5.91. The third kappa shape index (κ3) is 3.49. The van der Waals surface area contributed by atoms with Gasteiger partial charge < -0.3 is 4.57 Å². The molecule has 0 spiro atoms. The number of imidazole rings is 1. The van der Waals surface area contributed by atoms with E-state index in [1.807, 2.05) is 48.5 Å². The summed E-state index contributed by atoms with van der Waals surface area (Å²) < 4.78 is 2.23. The van der Waals surface area contributed by atoms with Crippen molar-refractivity contribution in [3.05, 3.63) is 101 Å². The summed E-state index contributed by atoms with van der Waals surface area (Å²) in [5.41, 5.74) is 4.49. The van der Waals surface area contributed by atoms with Crippen molar-refractivity contribution >= 4 is 34.8 Å². The summed E-state index contributed by atoms with van der Waals surface area (Å²) in [6, 6.07) is 26.5.